The zero-order valence-corrected chi connectivity index (χ0v) is 10.8. The van der Waals surface area contributed by atoms with Crippen molar-refractivity contribution in [2.45, 2.75) is 6.92 Å². The highest BCUT2D eigenvalue weighted by Crippen LogP contribution is 2.29. The van der Waals surface area contributed by atoms with E-state index in [1.807, 2.05) is 25.1 Å². The Balaban J connectivity index is 2.16. The van der Waals surface area contributed by atoms with Crippen LogP contribution < -0.4 is 5.73 Å². The Morgan fingerprint density at radius 3 is 2.75 bits per heavy atom. The smallest absolute Gasteiger partial charge is 0.271 e. The van der Waals surface area contributed by atoms with E-state index in [9.17, 15) is 10.1 Å². The summed E-state index contributed by atoms with van der Waals surface area (Å²) in [7, 11) is 0. The Morgan fingerprint density at radius 2 is 2.10 bits per heavy atom. The molecule has 3 N–H and O–H groups in total. The first kappa shape index (κ1) is 12.2. The van der Waals surface area contributed by atoms with Gasteiger partial charge in [-0.3, -0.25) is 10.1 Å². The van der Waals surface area contributed by atoms with Gasteiger partial charge in [-0.25, -0.2) is 4.98 Å². The van der Waals surface area contributed by atoms with Crippen LogP contribution in [0.2, 0.25) is 0 Å². The van der Waals surface area contributed by atoms with Gasteiger partial charge in [0.1, 0.15) is 5.82 Å². The van der Waals surface area contributed by atoms with Crippen molar-refractivity contribution in [3.8, 4) is 11.4 Å². The highest BCUT2D eigenvalue weighted by Gasteiger charge is 2.13. The summed E-state index contributed by atoms with van der Waals surface area (Å²) in [6.07, 6.45) is 0. The van der Waals surface area contributed by atoms with Gasteiger partial charge in [-0.15, -0.1) is 0 Å². The van der Waals surface area contributed by atoms with Gasteiger partial charge in [0, 0.05) is 23.4 Å². The van der Waals surface area contributed by atoms with Crippen LogP contribution in [-0.2, 0) is 0 Å². The predicted octanol–water partition coefficient (Wildman–Crippen LogP) is 3.03. The van der Waals surface area contributed by atoms with Crippen LogP contribution in [0.1, 0.15) is 5.56 Å². The van der Waals surface area contributed by atoms with Gasteiger partial charge in [-0.05, 0) is 24.6 Å². The number of nitrogen functional groups attached to an aromatic ring is 1. The number of nitro benzene ring substituents is 1. The summed E-state index contributed by atoms with van der Waals surface area (Å²) in [5.41, 5.74) is 9.70. The van der Waals surface area contributed by atoms with E-state index in [2.05, 4.69) is 9.97 Å². The maximum atomic E-state index is 10.7. The Bertz CT molecular complexity index is 823. The number of aromatic amines is 1. The minimum Gasteiger partial charge on any atom is -0.398 e. The molecule has 0 saturated heterocycles. The van der Waals surface area contributed by atoms with Crippen molar-refractivity contribution in [3.63, 3.8) is 0 Å². The van der Waals surface area contributed by atoms with E-state index in [-0.39, 0.29) is 5.69 Å². The minimum absolute atomic E-state index is 0.0291. The van der Waals surface area contributed by atoms with Crippen molar-refractivity contribution in [2.75, 3.05) is 5.73 Å². The van der Waals surface area contributed by atoms with Crippen molar-refractivity contribution in [2.24, 2.45) is 0 Å². The van der Waals surface area contributed by atoms with Crippen molar-refractivity contribution in [3.05, 3.63) is 52.1 Å². The van der Waals surface area contributed by atoms with Gasteiger partial charge in [-0.1, -0.05) is 12.1 Å². The molecule has 0 atom stereocenters. The van der Waals surface area contributed by atoms with Gasteiger partial charge in [-0.2, -0.15) is 0 Å². The second-order valence-electron chi connectivity index (χ2n) is 4.59. The number of hydrogen-bond acceptors (Lipinski definition) is 4. The maximum Gasteiger partial charge on any atom is 0.271 e. The van der Waals surface area contributed by atoms with Crippen molar-refractivity contribution in [1.29, 1.82) is 0 Å². The van der Waals surface area contributed by atoms with E-state index in [4.69, 9.17) is 5.73 Å². The van der Waals surface area contributed by atoms with Crippen LogP contribution in [0, 0.1) is 17.0 Å². The average Bonchev–Trinajstić information content (AvgIpc) is 2.83. The molecule has 3 rings (SSSR count). The molecule has 100 valence electrons. The number of para-hydroxylation sites is 1. The number of hydrogen-bond donors (Lipinski definition) is 2. The van der Waals surface area contributed by atoms with Crippen LogP contribution in [0.25, 0.3) is 22.4 Å². The normalized spacial score (nSPS) is 10.8. The standard InChI is InChI=1S/C14H12N4O2/c1-8-3-2-4-12-13(8)17-14(16-12)10-6-5-9(18(19)20)7-11(10)15/h2-7H,15H2,1H3,(H,16,17). The summed E-state index contributed by atoms with van der Waals surface area (Å²) in [4.78, 5) is 17.9. The second kappa shape index (κ2) is 4.34. The summed E-state index contributed by atoms with van der Waals surface area (Å²) < 4.78 is 0. The molecule has 20 heavy (non-hydrogen) atoms. The van der Waals surface area contributed by atoms with Crippen LogP contribution in [0.15, 0.2) is 36.4 Å². The number of H-pyrrole nitrogens is 1. The highest BCUT2D eigenvalue weighted by atomic mass is 16.6. The summed E-state index contributed by atoms with van der Waals surface area (Å²) in [6.45, 7) is 1.98. The molecule has 2 aromatic carbocycles. The van der Waals surface area contributed by atoms with Crippen molar-refractivity contribution < 1.29 is 4.92 Å². The van der Waals surface area contributed by atoms with E-state index in [0.29, 0.717) is 17.1 Å². The van der Waals surface area contributed by atoms with E-state index >= 15 is 0 Å². The number of rotatable bonds is 2. The van der Waals surface area contributed by atoms with Crippen LogP contribution in [0.5, 0.6) is 0 Å². The molecule has 1 aromatic heterocycles. The average molecular weight is 268 g/mol. The molecule has 0 fully saturated rings. The van der Waals surface area contributed by atoms with Gasteiger partial charge in [0.05, 0.1) is 16.0 Å². The van der Waals surface area contributed by atoms with Crippen LogP contribution in [0.4, 0.5) is 11.4 Å². The highest BCUT2D eigenvalue weighted by molar-refractivity contribution is 5.85. The number of nitrogens with one attached hydrogen (secondary N) is 1. The number of benzene rings is 2. The fourth-order valence-corrected chi connectivity index (χ4v) is 2.18. The SMILES string of the molecule is Cc1cccc2[nH]c(-c3ccc([N+](=O)[O-])cc3N)nc12. The molecule has 0 saturated carbocycles. The number of fused-ring (bicyclic) bond motifs is 1. The first-order valence-corrected chi connectivity index (χ1v) is 6.06. The minimum atomic E-state index is -0.469. The topological polar surface area (TPSA) is 97.8 Å². The first-order chi connectivity index (χ1) is 9.56. The van der Waals surface area contributed by atoms with Crippen molar-refractivity contribution >= 4 is 22.4 Å². The van der Waals surface area contributed by atoms with Gasteiger partial charge in [0.25, 0.3) is 5.69 Å². The Morgan fingerprint density at radius 1 is 1.30 bits per heavy atom. The van der Waals surface area contributed by atoms with Crippen LogP contribution in [0.3, 0.4) is 0 Å². The Kier molecular flexibility index (Phi) is 2.64. The quantitative estimate of drug-likeness (QED) is 0.424. The van der Waals surface area contributed by atoms with Crippen LogP contribution in [-0.4, -0.2) is 14.9 Å². The molecule has 1 heterocycles. The van der Waals surface area contributed by atoms with Gasteiger partial charge >= 0.3 is 0 Å². The third kappa shape index (κ3) is 1.87. The summed E-state index contributed by atoms with van der Waals surface area (Å²) in [5.74, 6) is 0.613. The number of nitrogens with two attached hydrogens (primary N) is 1. The Hall–Kier alpha value is -2.89. The number of non-ortho nitro benzene ring substituents is 1. The molecular weight excluding hydrogens is 256 g/mol. The zero-order chi connectivity index (χ0) is 14.3. The summed E-state index contributed by atoms with van der Waals surface area (Å²) >= 11 is 0. The third-order valence-electron chi connectivity index (χ3n) is 3.22. The molecule has 0 aliphatic rings. The molecule has 6 nitrogen and oxygen atoms in total. The van der Waals surface area contributed by atoms with Crippen LogP contribution >= 0.6 is 0 Å². The Labute approximate surface area is 114 Å². The zero-order valence-electron chi connectivity index (χ0n) is 10.8. The molecule has 0 aliphatic carbocycles. The molecule has 0 aliphatic heterocycles. The van der Waals surface area contributed by atoms with E-state index in [1.54, 1.807) is 6.07 Å². The van der Waals surface area contributed by atoms with Gasteiger partial charge in [0.15, 0.2) is 0 Å². The first-order valence-electron chi connectivity index (χ1n) is 6.06. The predicted molar refractivity (Wildman–Crippen MR) is 77.3 cm³/mol. The van der Waals surface area contributed by atoms with E-state index in [1.165, 1.54) is 12.1 Å². The third-order valence-corrected chi connectivity index (χ3v) is 3.22. The molecular formula is C14H12N4O2. The number of aryl methyl sites for hydroxylation is 1. The number of nitrogens with zero attached hydrogens (tertiary/aromatic N) is 2. The monoisotopic (exact) mass is 268 g/mol. The fraction of sp³-hybridized carbons (Fsp3) is 0.0714. The molecule has 6 heteroatoms. The lowest BCUT2D eigenvalue weighted by Gasteiger charge is -2.01. The second-order valence-corrected chi connectivity index (χ2v) is 4.59. The molecule has 0 bridgehead atoms. The van der Waals surface area contributed by atoms with E-state index < -0.39 is 4.92 Å². The summed E-state index contributed by atoms with van der Waals surface area (Å²) in [5, 5.41) is 10.7. The number of imidazole rings is 1. The molecule has 0 radical (unpaired) electrons. The number of nitro groups is 1. The summed E-state index contributed by atoms with van der Waals surface area (Å²) in [6, 6.07) is 10.2. The molecule has 0 amide bonds. The lowest BCUT2D eigenvalue weighted by Crippen LogP contribution is -1.94. The van der Waals surface area contributed by atoms with Gasteiger partial charge in [0.2, 0.25) is 0 Å². The molecule has 3 aromatic rings. The van der Waals surface area contributed by atoms with Gasteiger partial charge < -0.3 is 10.7 Å². The lowest BCUT2D eigenvalue weighted by atomic mass is 10.1. The lowest BCUT2D eigenvalue weighted by molar-refractivity contribution is -0.384. The van der Waals surface area contributed by atoms with Crippen molar-refractivity contribution in [1.82, 2.24) is 9.97 Å². The maximum absolute atomic E-state index is 10.7. The molecule has 0 spiro atoms. The van der Waals surface area contributed by atoms with E-state index in [0.717, 1.165) is 16.6 Å². The fourth-order valence-electron chi connectivity index (χ4n) is 2.18. The largest absolute Gasteiger partial charge is 0.398 e. The number of anilines is 1. The number of aromatic nitrogens is 2. The molecule has 0 unspecified atom stereocenters.